The zero-order valence-electron chi connectivity index (χ0n) is 9.51. The maximum Gasteiger partial charge on any atom is 0.323 e. The largest absolute Gasteiger partial charge is 0.495 e. The highest BCUT2D eigenvalue weighted by molar-refractivity contribution is 6.35. The number of halogens is 1. The van der Waals surface area contributed by atoms with Crippen LogP contribution in [0, 0.1) is 0 Å². The zero-order chi connectivity index (χ0) is 13.3. The summed E-state index contributed by atoms with van der Waals surface area (Å²) in [5, 5.41) is 9.87. The van der Waals surface area contributed by atoms with Crippen LogP contribution in [0.15, 0.2) is 29.1 Å². The number of carboxylic acid groups (broad SMARTS) is 1. The minimum absolute atomic E-state index is 0.389. The summed E-state index contributed by atoms with van der Waals surface area (Å²) in [6.45, 7) is -0.438. The van der Waals surface area contributed by atoms with Gasteiger partial charge in [0.25, 0.3) is 5.56 Å². The Labute approximate surface area is 107 Å². The Morgan fingerprint density at radius 1 is 1.39 bits per heavy atom. The summed E-state index contributed by atoms with van der Waals surface area (Å²) in [5.74, 6) is -0.694. The van der Waals surface area contributed by atoms with Gasteiger partial charge < -0.3 is 9.84 Å². The minimum atomic E-state index is -1.10. The van der Waals surface area contributed by atoms with Crippen molar-refractivity contribution in [3.8, 4) is 5.75 Å². The first kappa shape index (κ1) is 12.4. The van der Waals surface area contributed by atoms with Gasteiger partial charge in [0, 0.05) is 11.5 Å². The molecule has 0 atom stereocenters. The maximum absolute atomic E-state index is 11.7. The Bertz CT molecular complexity index is 678. The molecule has 6 heteroatoms. The topological polar surface area (TPSA) is 68.5 Å². The van der Waals surface area contributed by atoms with E-state index in [1.54, 1.807) is 18.2 Å². The molecule has 2 rings (SSSR count). The maximum atomic E-state index is 11.7. The lowest BCUT2D eigenvalue weighted by Gasteiger charge is -2.12. The molecule has 1 heterocycles. The second-order valence-electron chi connectivity index (χ2n) is 3.66. The molecule has 0 aliphatic carbocycles. The van der Waals surface area contributed by atoms with Gasteiger partial charge in [-0.05, 0) is 18.2 Å². The van der Waals surface area contributed by atoms with Gasteiger partial charge in [-0.1, -0.05) is 11.6 Å². The predicted octanol–water partition coefficient (Wildman–Crippen LogP) is 1.75. The molecule has 0 spiro atoms. The van der Waals surface area contributed by atoms with Gasteiger partial charge in [0.05, 0.1) is 17.6 Å². The van der Waals surface area contributed by atoms with Gasteiger partial charge in [-0.25, -0.2) is 0 Å². The molecule has 0 aliphatic heterocycles. The van der Waals surface area contributed by atoms with Gasteiger partial charge in [-0.15, -0.1) is 0 Å². The summed E-state index contributed by atoms with van der Waals surface area (Å²) >= 11 is 6.03. The summed E-state index contributed by atoms with van der Waals surface area (Å²) in [6, 6.07) is 6.08. The number of pyridine rings is 1. The van der Waals surface area contributed by atoms with Gasteiger partial charge in [-0.3, -0.25) is 14.2 Å². The minimum Gasteiger partial charge on any atom is -0.495 e. The second-order valence-corrected chi connectivity index (χ2v) is 4.07. The molecule has 1 aromatic carbocycles. The molecule has 0 radical (unpaired) electrons. The fraction of sp³-hybridized carbons (Fsp3) is 0.167. The van der Waals surface area contributed by atoms with Crippen LogP contribution in [0.5, 0.6) is 5.75 Å². The number of benzene rings is 1. The molecule has 94 valence electrons. The van der Waals surface area contributed by atoms with E-state index in [1.807, 2.05) is 0 Å². The molecular weight excluding hydrogens is 258 g/mol. The van der Waals surface area contributed by atoms with Crippen LogP contribution in [0.4, 0.5) is 0 Å². The van der Waals surface area contributed by atoms with Crippen LogP contribution in [0.1, 0.15) is 0 Å². The number of ether oxygens (including phenoxy) is 1. The third-order valence-electron chi connectivity index (χ3n) is 2.57. The Hall–Kier alpha value is -2.01. The van der Waals surface area contributed by atoms with Gasteiger partial charge in [0.15, 0.2) is 0 Å². The SMILES string of the molecule is COc1ccc(Cl)c2ccc(=O)n(CC(=O)O)c12. The molecular formula is C12H10ClNO4. The Balaban J connectivity index is 2.89. The van der Waals surface area contributed by atoms with Crippen LogP contribution in [0.25, 0.3) is 10.9 Å². The Morgan fingerprint density at radius 3 is 2.72 bits per heavy atom. The van der Waals surface area contributed by atoms with E-state index in [0.29, 0.717) is 21.7 Å². The van der Waals surface area contributed by atoms with Crippen molar-refractivity contribution in [3.05, 3.63) is 39.6 Å². The molecule has 0 saturated heterocycles. The molecule has 0 bridgehead atoms. The summed E-state index contributed by atoms with van der Waals surface area (Å²) in [4.78, 5) is 22.6. The average Bonchev–Trinajstić information content (AvgIpc) is 2.33. The molecule has 18 heavy (non-hydrogen) atoms. The molecule has 0 aliphatic rings. The number of nitrogens with zero attached hydrogens (tertiary/aromatic N) is 1. The first-order valence-corrected chi connectivity index (χ1v) is 5.50. The first-order valence-electron chi connectivity index (χ1n) is 5.12. The number of carbonyl (C=O) groups is 1. The highest BCUT2D eigenvalue weighted by Crippen LogP contribution is 2.30. The van der Waals surface area contributed by atoms with E-state index in [2.05, 4.69) is 0 Å². The van der Waals surface area contributed by atoms with E-state index in [9.17, 15) is 9.59 Å². The molecule has 0 saturated carbocycles. The van der Waals surface area contributed by atoms with Gasteiger partial charge >= 0.3 is 5.97 Å². The number of methoxy groups -OCH3 is 1. The average molecular weight is 268 g/mol. The number of fused-ring (bicyclic) bond motifs is 1. The molecule has 0 fully saturated rings. The van der Waals surface area contributed by atoms with Crippen LogP contribution in [-0.4, -0.2) is 22.8 Å². The lowest BCUT2D eigenvalue weighted by atomic mass is 10.2. The number of hydrogen-bond acceptors (Lipinski definition) is 3. The molecule has 2 aromatic rings. The van der Waals surface area contributed by atoms with Gasteiger partial charge in [0.2, 0.25) is 0 Å². The number of aliphatic carboxylic acids is 1. The molecule has 1 N–H and O–H groups in total. The van der Waals surface area contributed by atoms with E-state index in [1.165, 1.54) is 13.2 Å². The third kappa shape index (κ3) is 2.04. The fourth-order valence-electron chi connectivity index (χ4n) is 1.81. The summed E-state index contributed by atoms with van der Waals surface area (Å²) in [5.41, 5.74) is -0.0228. The van der Waals surface area contributed by atoms with Crippen LogP contribution in [0.2, 0.25) is 5.02 Å². The summed E-state index contributed by atoms with van der Waals surface area (Å²) < 4.78 is 6.28. The number of carboxylic acids is 1. The van der Waals surface area contributed by atoms with E-state index >= 15 is 0 Å². The number of aromatic nitrogens is 1. The van der Waals surface area contributed by atoms with E-state index < -0.39 is 18.1 Å². The molecule has 0 amide bonds. The van der Waals surface area contributed by atoms with Crippen molar-refractivity contribution < 1.29 is 14.6 Å². The highest BCUT2D eigenvalue weighted by atomic mass is 35.5. The molecule has 5 nitrogen and oxygen atoms in total. The van der Waals surface area contributed by atoms with Crippen LogP contribution in [-0.2, 0) is 11.3 Å². The zero-order valence-corrected chi connectivity index (χ0v) is 10.3. The predicted molar refractivity (Wildman–Crippen MR) is 67.4 cm³/mol. The number of rotatable bonds is 3. The van der Waals surface area contributed by atoms with Gasteiger partial charge in [0.1, 0.15) is 12.3 Å². The smallest absolute Gasteiger partial charge is 0.323 e. The van der Waals surface area contributed by atoms with Crippen molar-refractivity contribution >= 4 is 28.5 Å². The monoisotopic (exact) mass is 267 g/mol. The van der Waals surface area contributed by atoms with Crippen molar-refractivity contribution in [2.75, 3.05) is 7.11 Å². The van der Waals surface area contributed by atoms with E-state index in [0.717, 1.165) is 4.57 Å². The molecule has 1 aromatic heterocycles. The van der Waals surface area contributed by atoms with Crippen molar-refractivity contribution in [1.29, 1.82) is 0 Å². The second kappa shape index (κ2) is 4.70. The fourth-order valence-corrected chi connectivity index (χ4v) is 2.03. The number of hydrogen-bond donors (Lipinski definition) is 1. The first-order chi connectivity index (χ1) is 8.54. The Morgan fingerprint density at radius 2 is 2.11 bits per heavy atom. The van der Waals surface area contributed by atoms with Crippen molar-refractivity contribution in [3.63, 3.8) is 0 Å². The quantitative estimate of drug-likeness (QED) is 0.920. The lowest BCUT2D eigenvalue weighted by molar-refractivity contribution is -0.137. The Kier molecular flexibility index (Phi) is 3.25. The summed E-state index contributed by atoms with van der Waals surface area (Å²) in [7, 11) is 1.45. The van der Waals surface area contributed by atoms with Crippen LogP contribution in [0.3, 0.4) is 0 Å². The van der Waals surface area contributed by atoms with Crippen LogP contribution >= 0.6 is 11.6 Å². The van der Waals surface area contributed by atoms with Crippen molar-refractivity contribution in [2.45, 2.75) is 6.54 Å². The normalized spacial score (nSPS) is 10.6. The van der Waals surface area contributed by atoms with Gasteiger partial charge in [-0.2, -0.15) is 0 Å². The standard InChI is InChI=1S/C12H10ClNO4/c1-18-9-4-3-8(13)7-2-5-10(15)14(12(7)9)6-11(16)17/h2-5H,6H2,1H3,(H,16,17). The molecule has 0 unspecified atom stereocenters. The van der Waals surface area contributed by atoms with E-state index in [4.69, 9.17) is 21.4 Å². The van der Waals surface area contributed by atoms with Crippen molar-refractivity contribution in [2.24, 2.45) is 0 Å². The third-order valence-corrected chi connectivity index (χ3v) is 2.90. The van der Waals surface area contributed by atoms with Crippen LogP contribution < -0.4 is 10.3 Å². The highest BCUT2D eigenvalue weighted by Gasteiger charge is 2.13. The van der Waals surface area contributed by atoms with Crippen molar-refractivity contribution in [1.82, 2.24) is 4.57 Å². The van der Waals surface area contributed by atoms with E-state index in [-0.39, 0.29) is 0 Å². The lowest BCUT2D eigenvalue weighted by Crippen LogP contribution is -2.23. The summed E-state index contributed by atoms with van der Waals surface area (Å²) in [6.07, 6.45) is 0.